The summed E-state index contributed by atoms with van der Waals surface area (Å²) in [6.07, 6.45) is 5.95. The zero-order chi connectivity index (χ0) is 22.5. The van der Waals surface area contributed by atoms with Crippen molar-refractivity contribution in [3.63, 3.8) is 0 Å². The summed E-state index contributed by atoms with van der Waals surface area (Å²) in [5.41, 5.74) is 2.92. The average molecular weight is 445 g/mol. The predicted molar refractivity (Wildman–Crippen MR) is 124 cm³/mol. The van der Waals surface area contributed by atoms with Gasteiger partial charge in [0.25, 0.3) is 11.1 Å². The fraction of sp³-hybridized carbons (Fsp3) is 0.542. The van der Waals surface area contributed by atoms with E-state index in [9.17, 15) is 14.4 Å². The highest BCUT2D eigenvalue weighted by Gasteiger charge is 2.37. The van der Waals surface area contributed by atoms with Crippen LogP contribution in [0.4, 0.5) is 4.79 Å². The zero-order valence-electron chi connectivity index (χ0n) is 18.9. The quantitative estimate of drug-likeness (QED) is 0.581. The topological polar surface area (TPSA) is 66.9 Å². The lowest BCUT2D eigenvalue weighted by molar-refractivity contribution is -0.135. The number of benzene rings is 1. The largest absolute Gasteiger partial charge is 0.494 e. The second-order valence-corrected chi connectivity index (χ2v) is 9.39. The van der Waals surface area contributed by atoms with Gasteiger partial charge in [0, 0.05) is 13.1 Å². The molecule has 0 N–H and O–H groups in total. The van der Waals surface area contributed by atoms with Crippen LogP contribution in [0.5, 0.6) is 5.75 Å². The van der Waals surface area contributed by atoms with E-state index in [0.29, 0.717) is 24.6 Å². The van der Waals surface area contributed by atoms with Crippen LogP contribution in [0.25, 0.3) is 6.08 Å². The van der Waals surface area contributed by atoms with Crippen LogP contribution in [-0.4, -0.2) is 53.1 Å². The van der Waals surface area contributed by atoms with Crippen molar-refractivity contribution in [3.8, 4) is 5.75 Å². The van der Waals surface area contributed by atoms with E-state index in [0.717, 1.165) is 64.8 Å². The molecule has 0 spiro atoms. The van der Waals surface area contributed by atoms with Crippen LogP contribution in [0.3, 0.4) is 0 Å². The third-order valence-corrected chi connectivity index (χ3v) is 6.64. The fourth-order valence-electron chi connectivity index (χ4n) is 3.94. The molecule has 0 atom stereocenters. The number of imide groups is 1. The summed E-state index contributed by atoms with van der Waals surface area (Å²) >= 11 is 0.903. The molecule has 2 fully saturated rings. The highest BCUT2D eigenvalue weighted by atomic mass is 32.2. The molecule has 1 aromatic carbocycles. The first-order valence-electron chi connectivity index (χ1n) is 11.1. The van der Waals surface area contributed by atoms with E-state index in [-0.39, 0.29) is 23.6 Å². The van der Waals surface area contributed by atoms with Crippen molar-refractivity contribution in [1.82, 2.24) is 9.80 Å². The van der Waals surface area contributed by atoms with E-state index in [2.05, 4.69) is 13.8 Å². The smallest absolute Gasteiger partial charge is 0.294 e. The lowest BCUT2D eigenvalue weighted by atomic mass is 9.96. The molecular weight excluding hydrogens is 412 g/mol. The van der Waals surface area contributed by atoms with E-state index in [1.807, 2.05) is 26.0 Å². The molecule has 7 heteroatoms. The zero-order valence-corrected chi connectivity index (χ0v) is 19.7. The number of ether oxygens (including phenoxy) is 1. The fourth-order valence-corrected chi connectivity index (χ4v) is 4.77. The van der Waals surface area contributed by atoms with Crippen molar-refractivity contribution < 1.29 is 19.1 Å². The molecular formula is C24H32N2O4S. The van der Waals surface area contributed by atoms with Crippen LogP contribution >= 0.6 is 11.8 Å². The molecule has 31 heavy (non-hydrogen) atoms. The molecule has 0 unspecified atom stereocenters. The van der Waals surface area contributed by atoms with Crippen molar-refractivity contribution in [2.45, 2.75) is 59.3 Å². The first kappa shape index (κ1) is 23.4. The predicted octanol–water partition coefficient (Wildman–Crippen LogP) is 4.96. The Bertz CT molecular complexity index is 886. The van der Waals surface area contributed by atoms with Crippen LogP contribution in [0.1, 0.15) is 69.1 Å². The van der Waals surface area contributed by atoms with Gasteiger partial charge < -0.3 is 9.64 Å². The van der Waals surface area contributed by atoms with Crippen LogP contribution in [0.2, 0.25) is 0 Å². The van der Waals surface area contributed by atoms with Gasteiger partial charge >= 0.3 is 0 Å². The molecule has 0 saturated carbocycles. The minimum atomic E-state index is -0.391. The summed E-state index contributed by atoms with van der Waals surface area (Å²) in [7, 11) is 0. The number of likely N-dealkylation sites (tertiary alicyclic amines) is 1. The van der Waals surface area contributed by atoms with Crippen molar-refractivity contribution in [3.05, 3.63) is 33.7 Å². The van der Waals surface area contributed by atoms with E-state index < -0.39 is 5.91 Å². The number of amides is 3. The SMILES string of the molecule is CCOc1cc(C)c(/C=C2\SC(=O)N(CC(=O)N3CCCCCC3)C2=O)cc1C(C)C. The first-order valence-corrected chi connectivity index (χ1v) is 11.9. The van der Waals surface area contributed by atoms with Gasteiger partial charge in [-0.2, -0.15) is 0 Å². The number of aryl methyl sites for hydroxylation is 1. The van der Waals surface area contributed by atoms with E-state index in [1.54, 1.807) is 11.0 Å². The summed E-state index contributed by atoms with van der Waals surface area (Å²) in [5, 5.41) is -0.382. The van der Waals surface area contributed by atoms with Gasteiger partial charge in [-0.1, -0.05) is 26.7 Å². The Labute approximate surface area is 189 Å². The molecule has 0 bridgehead atoms. The Hall–Kier alpha value is -2.28. The van der Waals surface area contributed by atoms with Crippen molar-refractivity contribution >= 4 is 34.9 Å². The molecule has 3 rings (SSSR count). The molecule has 0 aromatic heterocycles. The van der Waals surface area contributed by atoms with Gasteiger partial charge in [-0.25, -0.2) is 0 Å². The molecule has 2 heterocycles. The molecule has 2 saturated heterocycles. The summed E-state index contributed by atoms with van der Waals surface area (Å²) in [6, 6.07) is 4.01. The van der Waals surface area contributed by atoms with E-state index in [1.165, 1.54) is 0 Å². The van der Waals surface area contributed by atoms with Gasteiger partial charge in [-0.3, -0.25) is 19.3 Å². The molecule has 2 aliphatic rings. The van der Waals surface area contributed by atoms with Crippen LogP contribution in [0.15, 0.2) is 17.0 Å². The second-order valence-electron chi connectivity index (χ2n) is 8.40. The second kappa shape index (κ2) is 10.4. The average Bonchev–Trinajstić information content (AvgIpc) is 2.92. The molecule has 1 aromatic rings. The van der Waals surface area contributed by atoms with E-state index >= 15 is 0 Å². The summed E-state index contributed by atoms with van der Waals surface area (Å²) in [5.74, 6) is 0.571. The maximum absolute atomic E-state index is 12.9. The Morgan fingerprint density at radius 3 is 2.45 bits per heavy atom. The Morgan fingerprint density at radius 2 is 1.84 bits per heavy atom. The molecule has 3 amide bonds. The monoisotopic (exact) mass is 444 g/mol. The number of carbonyl (C=O) groups is 3. The molecule has 168 valence electrons. The lowest BCUT2D eigenvalue weighted by Gasteiger charge is -2.22. The van der Waals surface area contributed by atoms with Crippen LogP contribution < -0.4 is 4.74 Å². The number of hydrogen-bond acceptors (Lipinski definition) is 5. The molecule has 0 aliphatic carbocycles. The first-order chi connectivity index (χ1) is 14.8. The standard InChI is InChI=1S/C24H32N2O4S/c1-5-30-20-12-17(4)18(13-19(20)16(2)3)14-21-23(28)26(24(29)31-21)15-22(27)25-10-8-6-7-9-11-25/h12-14,16H,5-11,15H2,1-4H3/b21-14-. The van der Waals surface area contributed by atoms with Crippen molar-refractivity contribution in [2.24, 2.45) is 0 Å². The third kappa shape index (κ3) is 5.50. The van der Waals surface area contributed by atoms with Crippen LogP contribution in [0, 0.1) is 6.92 Å². The van der Waals surface area contributed by atoms with Crippen molar-refractivity contribution in [1.29, 1.82) is 0 Å². The number of hydrogen-bond donors (Lipinski definition) is 0. The normalized spacial score (nSPS) is 18.8. The Morgan fingerprint density at radius 1 is 1.16 bits per heavy atom. The molecule has 6 nitrogen and oxygen atoms in total. The summed E-state index contributed by atoms with van der Waals surface area (Å²) in [4.78, 5) is 41.3. The van der Waals surface area contributed by atoms with E-state index in [4.69, 9.17) is 4.74 Å². The number of thioether (sulfide) groups is 1. The van der Waals surface area contributed by atoms with Gasteiger partial charge in [-0.05, 0) is 79.3 Å². The highest BCUT2D eigenvalue weighted by molar-refractivity contribution is 8.18. The van der Waals surface area contributed by atoms with Gasteiger partial charge in [0.2, 0.25) is 5.91 Å². The highest BCUT2D eigenvalue weighted by Crippen LogP contribution is 2.35. The lowest BCUT2D eigenvalue weighted by Crippen LogP contribution is -2.42. The molecule has 0 radical (unpaired) electrons. The summed E-state index contributed by atoms with van der Waals surface area (Å²) < 4.78 is 5.77. The van der Waals surface area contributed by atoms with Gasteiger partial charge in [0.05, 0.1) is 11.5 Å². The maximum Gasteiger partial charge on any atom is 0.294 e. The molecule has 2 aliphatic heterocycles. The maximum atomic E-state index is 12.9. The van der Waals surface area contributed by atoms with Crippen molar-refractivity contribution in [2.75, 3.05) is 26.2 Å². The summed E-state index contributed by atoms with van der Waals surface area (Å²) in [6.45, 7) is 9.92. The number of nitrogens with zero attached hydrogens (tertiary/aromatic N) is 2. The van der Waals surface area contributed by atoms with Gasteiger partial charge in [0.1, 0.15) is 12.3 Å². The number of rotatable bonds is 6. The van der Waals surface area contributed by atoms with Gasteiger partial charge in [-0.15, -0.1) is 0 Å². The van der Waals surface area contributed by atoms with Crippen LogP contribution in [-0.2, 0) is 9.59 Å². The minimum Gasteiger partial charge on any atom is -0.494 e. The van der Waals surface area contributed by atoms with Gasteiger partial charge in [0.15, 0.2) is 0 Å². The minimum absolute atomic E-state index is 0.148. The Balaban J connectivity index is 1.80. The number of carbonyl (C=O) groups excluding carboxylic acids is 3. The Kier molecular flexibility index (Phi) is 7.81. The third-order valence-electron chi connectivity index (χ3n) is 5.73.